The molecule has 0 saturated heterocycles. The van der Waals surface area contributed by atoms with Crippen LogP contribution < -0.4 is 15.3 Å². The van der Waals surface area contributed by atoms with Crippen LogP contribution in [0.1, 0.15) is 139 Å². The Morgan fingerprint density at radius 1 is 0.408 bits per heavy atom. The van der Waals surface area contributed by atoms with Crippen LogP contribution in [0.5, 0.6) is 0 Å². The summed E-state index contributed by atoms with van der Waals surface area (Å²) in [4.78, 5) is 68.4. The molecule has 0 bridgehead atoms. The summed E-state index contributed by atoms with van der Waals surface area (Å²) in [6.07, 6.45) is 7.11. The molecule has 0 amide bonds. The van der Waals surface area contributed by atoms with Gasteiger partial charge in [0.1, 0.15) is 19.8 Å². The zero-order valence-corrected chi connectivity index (χ0v) is 34.5. The molecule has 0 aromatic rings. The van der Waals surface area contributed by atoms with E-state index < -0.39 is 34.2 Å². The van der Waals surface area contributed by atoms with Gasteiger partial charge < -0.3 is 43.9 Å². The van der Waals surface area contributed by atoms with Gasteiger partial charge in [-0.2, -0.15) is 0 Å². The quantitative estimate of drug-likeness (QED) is 0.0875. The molecule has 0 fully saturated rings. The summed E-state index contributed by atoms with van der Waals surface area (Å²) in [5.74, 6) is -5.01. The Hall–Kier alpha value is -1.60. The zero-order valence-electron chi connectivity index (χ0n) is 31.7. The summed E-state index contributed by atoms with van der Waals surface area (Å²) in [7, 11) is 0. The minimum atomic E-state index is -1.37. The molecule has 0 aromatic heterocycles. The topological polar surface area (TPSA) is 199 Å². The molecule has 0 spiro atoms. The van der Waals surface area contributed by atoms with Gasteiger partial charge in [0.05, 0.1) is 34.2 Å². The van der Waals surface area contributed by atoms with Crippen LogP contribution in [0, 0.1) is 16.2 Å². The molecular weight excluding hydrogens is 713 g/mol. The van der Waals surface area contributed by atoms with Crippen LogP contribution >= 0.6 is 0 Å². The van der Waals surface area contributed by atoms with E-state index in [9.17, 15) is 44.1 Å². The van der Waals surface area contributed by atoms with Gasteiger partial charge in [-0.15, -0.1) is 0 Å². The Morgan fingerprint density at radius 2 is 0.592 bits per heavy atom. The molecule has 0 radical (unpaired) electrons. The van der Waals surface area contributed by atoms with Crippen LogP contribution in [-0.2, 0) is 75.7 Å². The molecule has 12 nitrogen and oxygen atoms in total. The maximum absolute atomic E-state index is 11.8. The molecule has 0 N–H and O–H groups in total. The number of ketones is 3. The SMILES string of the molecule is CCCCOCC(=O)C(CC)(CC)C(=O)[O-].CCCCOCC(=O)C(CC)(CC)C(=O)[O-].CCCCOCC(=O)C(CC)(CC)C(=O)[O-].[Y+3]. The van der Waals surface area contributed by atoms with Crippen molar-refractivity contribution in [1.82, 2.24) is 0 Å². The van der Waals surface area contributed by atoms with Gasteiger partial charge >= 0.3 is 32.7 Å². The second-order valence-electron chi connectivity index (χ2n) is 11.7. The van der Waals surface area contributed by atoms with Gasteiger partial charge in [-0.25, -0.2) is 0 Å². The van der Waals surface area contributed by atoms with E-state index >= 15 is 0 Å². The molecule has 13 heteroatoms. The Labute approximate surface area is 320 Å². The first kappa shape index (κ1) is 54.2. The number of carboxylic acids is 3. The molecular formula is C36H63O12Y. The number of ether oxygens (including phenoxy) is 3. The van der Waals surface area contributed by atoms with Crippen molar-refractivity contribution in [3.8, 4) is 0 Å². The number of hydrogen-bond acceptors (Lipinski definition) is 12. The van der Waals surface area contributed by atoms with Gasteiger partial charge in [0.25, 0.3) is 0 Å². The van der Waals surface area contributed by atoms with Crippen LogP contribution in [0.3, 0.4) is 0 Å². The van der Waals surface area contributed by atoms with Crippen molar-refractivity contribution in [1.29, 1.82) is 0 Å². The second kappa shape index (κ2) is 31.2. The van der Waals surface area contributed by atoms with Crippen molar-refractivity contribution < 1.29 is 91.0 Å². The fourth-order valence-electron chi connectivity index (χ4n) is 4.79. The first-order valence-corrected chi connectivity index (χ1v) is 17.6. The summed E-state index contributed by atoms with van der Waals surface area (Å²) >= 11 is 0. The number of hydrogen-bond donors (Lipinski definition) is 0. The standard InChI is InChI=1S/3C12H22O4.Y/c3*1-4-7-8-16-9-10(13)12(5-2,6-3)11(14)15;/h3*4-9H2,1-3H3,(H,14,15);/q;;;+3/p-3. The van der Waals surface area contributed by atoms with Crippen LogP contribution in [0.2, 0.25) is 0 Å². The molecule has 282 valence electrons. The number of unbranched alkanes of at least 4 members (excludes halogenated alkanes) is 3. The van der Waals surface area contributed by atoms with E-state index in [1.807, 2.05) is 20.8 Å². The van der Waals surface area contributed by atoms with E-state index in [1.54, 1.807) is 41.5 Å². The van der Waals surface area contributed by atoms with Crippen molar-refractivity contribution in [2.24, 2.45) is 16.2 Å². The summed E-state index contributed by atoms with van der Waals surface area (Å²) < 4.78 is 15.5. The number of carbonyl (C=O) groups excluding carboxylic acids is 6. The normalized spacial score (nSPS) is 11.2. The fourth-order valence-corrected chi connectivity index (χ4v) is 4.79. The van der Waals surface area contributed by atoms with Crippen LogP contribution in [0.25, 0.3) is 0 Å². The Bertz CT molecular complexity index is 819. The summed E-state index contributed by atoms with van der Waals surface area (Å²) in [6.45, 7) is 17.3. The van der Waals surface area contributed by atoms with Gasteiger partial charge in [-0.1, -0.05) is 81.6 Å². The minimum absolute atomic E-state index is 0. The van der Waals surface area contributed by atoms with Crippen LogP contribution in [0.4, 0.5) is 0 Å². The smallest absolute Gasteiger partial charge is 0.549 e. The van der Waals surface area contributed by atoms with Crippen molar-refractivity contribution in [3.63, 3.8) is 0 Å². The predicted molar refractivity (Wildman–Crippen MR) is 176 cm³/mol. The Morgan fingerprint density at radius 3 is 0.714 bits per heavy atom. The molecule has 0 saturated carbocycles. The van der Waals surface area contributed by atoms with Crippen molar-refractivity contribution in [2.45, 2.75) is 139 Å². The zero-order chi connectivity index (χ0) is 37.8. The fraction of sp³-hybridized carbons (Fsp3) is 0.833. The number of aliphatic carboxylic acids is 3. The van der Waals surface area contributed by atoms with E-state index in [2.05, 4.69) is 0 Å². The molecule has 0 aliphatic heterocycles. The van der Waals surface area contributed by atoms with Gasteiger partial charge in [0, 0.05) is 19.8 Å². The predicted octanol–water partition coefficient (Wildman–Crippen LogP) is 2.78. The number of carboxylic acid groups (broad SMARTS) is 3. The van der Waals surface area contributed by atoms with Crippen molar-refractivity contribution >= 4 is 35.3 Å². The minimum Gasteiger partial charge on any atom is -0.549 e. The average molecular weight is 777 g/mol. The maximum Gasteiger partial charge on any atom is 3.00 e. The van der Waals surface area contributed by atoms with Gasteiger partial charge in [-0.05, 0) is 57.8 Å². The Kier molecular flexibility index (Phi) is 34.5. The van der Waals surface area contributed by atoms with Crippen LogP contribution in [0.15, 0.2) is 0 Å². The van der Waals surface area contributed by atoms with E-state index in [-0.39, 0.29) is 108 Å². The molecule has 0 heterocycles. The van der Waals surface area contributed by atoms with Gasteiger partial charge in [0.15, 0.2) is 17.3 Å². The third kappa shape index (κ3) is 18.5. The number of rotatable bonds is 27. The second-order valence-corrected chi connectivity index (χ2v) is 11.7. The summed E-state index contributed by atoms with van der Waals surface area (Å²) in [5, 5.41) is 33.1. The van der Waals surface area contributed by atoms with Crippen molar-refractivity contribution in [3.05, 3.63) is 0 Å². The molecule has 0 rings (SSSR count). The third-order valence-electron chi connectivity index (χ3n) is 9.02. The first-order valence-electron chi connectivity index (χ1n) is 17.6. The van der Waals surface area contributed by atoms with Crippen molar-refractivity contribution in [2.75, 3.05) is 39.6 Å². The molecule has 49 heavy (non-hydrogen) atoms. The van der Waals surface area contributed by atoms with Crippen LogP contribution in [-0.4, -0.2) is 74.9 Å². The summed E-state index contributed by atoms with van der Waals surface area (Å²) in [5.41, 5.74) is -4.11. The maximum atomic E-state index is 11.8. The molecule has 0 aliphatic carbocycles. The summed E-state index contributed by atoms with van der Waals surface area (Å²) in [6, 6.07) is 0. The van der Waals surface area contributed by atoms with Gasteiger partial charge in [0.2, 0.25) is 0 Å². The van der Waals surface area contributed by atoms with E-state index in [0.717, 1.165) is 38.5 Å². The Balaban J connectivity index is -0.000000307. The monoisotopic (exact) mass is 776 g/mol. The van der Waals surface area contributed by atoms with E-state index in [4.69, 9.17) is 14.2 Å². The molecule has 0 unspecified atom stereocenters. The van der Waals surface area contributed by atoms with Gasteiger partial charge in [-0.3, -0.25) is 14.4 Å². The largest absolute Gasteiger partial charge is 3.00 e. The number of carbonyl (C=O) groups is 6. The molecule has 0 aliphatic rings. The first-order chi connectivity index (χ1) is 22.6. The number of Topliss-reactive ketones (excluding diaryl/α,β-unsaturated/α-hetero) is 3. The third-order valence-corrected chi connectivity index (χ3v) is 9.02. The molecule has 0 aromatic carbocycles. The van der Waals surface area contributed by atoms with E-state index in [1.165, 1.54) is 0 Å². The average Bonchev–Trinajstić information content (AvgIpc) is 3.06. The van der Waals surface area contributed by atoms with E-state index in [0.29, 0.717) is 19.8 Å². The molecule has 0 atom stereocenters.